The molecule has 0 aliphatic rings. The molecule has 0 fully saturated rings. The van der Waals surface area contributed by atoms with E-state index in [0.29, 0.717) is 6.42 Å². The minimum atomic E-state index is -0.873. The summed E-state index contributed by atoms with van der Waals surface area (Å²) in [6.45, 7) is 0. The number of hydrogen-bond donors (Lipinski definition) is 2. The van der Waals surface area contributed by atoms with Gasteiger partial charge in [-0.05, 0) is 36.9 Å². The number of benzene rings is 1. The smallest absolute Gasteiger partial charge is 0.303 e. The Kier molecular flexibility index (Phi) is 5.56. The largest absolute Gasteiger partial charge is 0.481 e. The fourth-order valence-corrected chi connectivity index (χ4v) is 1.71. The Morgan fingerprint density at radius 2 is 1.88 bits per heavy atom. The highest BCUT2D eigenvalue weighted by atomic mass is 32.2. The molecule has 5 heteroatoms. The first-order chi connectivity index (χ1) is 8.11. The van der Waals surface area contributed by atoms with E-state index in [0.717, 1.165) is 10.6 Å². The van der Waals surface area contributed by atoms with Gasteiger partial charge >= 0.3 is 5.97 Å². The summed E-state index contributed by atoms with van der Waals surface area (Å²) in [7, 11) is 0. The van der Waals surface area contributed by atoms with E-state index in [1.807, 2.05) is 30.5 Å². The van der Waals surface area contributed by atoms with E-state index in [1.165, 1.54) is 0 Å². The highest BCUT2D eigenvalue weighted by Crippen LogP contribution is 2.17. The standard InChI is InChI=1S/C12H15NO3S/c1-17-10-7-5-9(6-8-10)13-11(14)3-2-4-12(15)16/h5-8H,2-4H2,1H3,(H,13,14)(H,15,16). The van der Waals surface area contributed by atoms with Crippen LogP contribution in [0.5, 0.6) is 0 Å². The Morgan fingerprint density at radius 1 is 1.24 bits per heavy atom. The van der Waals surface area contributed by atoms with Crippen LogP contribution in [-0.4, -0.2) is 23.2 Å². The number of carbonyl (C=O) groups is 2. The molecule has 17 heavy (non-hydrogen) atoms. The van der Waals surface area contributed by atoms with Gasteiger partial charge < -0.3 is 10.4 Å². The number of carboxylic acid groups (broad SMARTS) is 1. The van der Waals surface area contributed by atoms with Crippen molar-refractivity contribution in [1.82, 2.24) is 0 Å². The van der Waals surface area contributed by atoms with Crippen LogP contribution >= 0.6 is 11.8 Å². The first-order valence-corrected chi connectivity index (χ1v) is 6.50. The lowest BCUT2D eigenvalue weighted by Gasteiger charge is -2.05. The van der Waals surface area contributed by atoms with Crippen molar-refractivity contribution in [3.63, 3.8) is 0 Å². The van der Waals surface area contributed by atoms with Crippen LogP contribution in [-0.2, 0) is 9.59 Å². The first-order valence-electron chi connectivity index (χ1n) is 5.27. The maximum Gasteiger partial charge on any atom is 0.303 e. The van der Waals surface area contributed by atoms with E-state index in [1.54, 1.807) is 11.8 Å². The van der Waals surface area contributed by atoms with Crippen molar-refractivity contribution in [2.75, 3.05) is 11.6 Å². The molecule has 0 saturated carbocycles. The molecule has 0 spiro atoms. The number of thioether (sulfide) groups is 1. The fourth-order valence-electron chi connectivity index (χ4n) is 1.30. The zero-order valence-corrected chi connectivity index (χ0v) is 10.4. The van der Waals surface area contributed by atoms with Gasteiger partial charge in [-0.1, -0.05) is 0 Å². The predicted octanol–water partition coefficient (Wildman–Crippen LogP) is 2.60. The molecule has 0 heterocycles. The van der Waals surface area contributed by atoms with Crippen molar-refractivity contribution in [3.05, 3.63) is 24.3 Å². The lowest BCUT2D eigenvalue weighted by atomic mass is 10.2. The number of anilines is 1. The predicted molar refractivity (Wildman–Crippen MR) is 68.3 cm³/mol. The van der Waals surface area contributed by atoms with Gasteiger partial charge in [-0.3, -0.25) is 9.59 Å². The van der Waals surface area contributed by atoms with Crippen molar-refractivity contribution in [2.45, 2.75) is 24.2 Å². The molecule has 0 atom stereocenters. The van der Waals surface area contributed by atoms with Gasteiger partial charge in [0.1, 0.15) is 0 Å². The molecule has 1 aromatic rings. The molecular formula is C12H15NO3S. The number of carbonyl (C=O) groups excluding carboxylic acids is 1. The average Bonchev–Trinajstić information content (AvgIpc) is 2.29. The summed E-state index contributed by atoms with van der Waals surface area (Å²) in [6, 6.07) is 7.52. The van der Waals surface area contributed by atoms with Gasteiger partial charge in [-0.2, -0.15) is 0 Å². The van der Waals surface area contributed by atoms with E-state index in [9.17, 15) is 9.59 Å². The van der Waals surface area contributed by atoms with Gasteiger partial charge in [0.2, 0.25) is 5.91 Å². The van der Waals surface area contributed by atoms with Crippen LogP contribution in [0.2, 0.25) is 0 Å². The second kappa shape index (κ2) is 6.96. The van der Waals surface area contributed by atoms with Gasteiger partial charge in [0, 0.05) is 23.4 Å². The summed E-state index contributed by atoms with van der Waals surface area (Å²) in [6.07, 6.45) is 2.61. The number of carboxylic acids is 1. The van der Waals surface area contributed by atoms with E-state index < -0.39 is 5.97 Å². The lowest BCUT2D eigenvalue weighted by molar-refractivity contribution is -0.137. The number of amides is 1. The van der Waals surface area contributed by atoms with Crippen LogP contribution in [0.1, 0.15) is 19.3 Å². The molecular weight excluding hydrogens is 238 g/mol. The van der Waals surface area contributed by atoms with Crippen LogP contribution in [0.25, 0.3) is 0 Å². The molecule has 0 bridgehead atoms. The van der Waals surface area contributed by atoms with Gasteiger partial charge in [0.25, 0.3) is 0 Å². The molecule has 2 N–H and O–H groups in total. The molecule has 0 radical (unpaired) electrons. The normalized spacial score (nSPS) is 9.94. The third kappa shape index (κ3) is 5.40. The molecule has 0 aliphatic heterocycles. The van der Waals surface area contributed by atoms with Crippen LogP contribution in [0.4, 0.5) is 5.69 Å². The Morgan fingerprint density at radius 3 is 2.41 bits per heavy atom. The Labute approximate surface area is 104 Å². The average molecular weight is 253 g/mol. The zero-order chi connectivity index (χ0) is 12.7. The molecule has 0 unspecified atom stereocenters. The summed E-state index contributed by atoms with van der Waals surface area (Å²) in [5.74, 6) is -1.02. The van der Waals surface area contributed by atoms with Gasteiger partial charge in [-0.15, -0.1) is 11.8 Å². The summed E-state index contributed by atoms with van der Waals surface area (Å²) < 4.78 is 0. The van der Waals surface area contributed by atoms with Crippen LogP contribution in [0.3, 0.4) is 0 Å². The second-order valence-corrected chi connectivity index (χ2v) is 4.40. The fraction of sp³-hybridized carbons (Fsp3) is 0.333. The second-order valence-electron chi connectivity index (χ2n) is 3.52. The Balaban J connectivity index is 2.37. The minimum absolute atomic E-state index is 0.0266. The SMILES string of the molecule is CSc1ccc(NC(=O)CCCC(=O)O)cc1. The zero-order valence-electron chi connectivity index (χ0n) is 9.60. The molecule has 92 valence electrons. The highest BCUT2D eigenvalue weighted by molar-refractivity contribution is 7.98. The maximum absolute atomic E-state index is 11.4. The summed E-state index contributed by atoms with van der Waals surface area (Å²) in [5, 5.41) is 11.2. The number of aliphatic carboxylic acids is 1. The molecule has 1 aromatic carbocycles. The van der Waals surface area contributed by atoms with Crippen LogP contribution < -0.4 is 5.32 Å². The van der Waals surface area contributed by atoms with Crippen molar-refractivity contribution in [3.8, 4) is 0 Å². The molecule has 1 rings (SSSR count). The Hall–Kier alpha value is -1.49. The molecule has 1 amide bonds. The van der Waals surface area contributed by atoms with Gasteiger partial charge in [-0.25, -0.2) is 0 Å². The molecule has 4 nitrogen and oxygen atoms in total. The van der Waals surface area contributed by atoms with Crippen molar-refractivity contribution in [2.24, 2.45) is 0 Å². The van der Waals surface area contributed by atoms with Gasteiger partial charge in [0.05, 0.1) is 0 Å². The topological polar surface area (TPSA) is 66.4 Å². The van der Waals surface area contributed by atoms with E-state index in [-0.39, 0.29) is 18.7 Å². The molecule has 0 aromatic heterocycles. The van der Waals surface area contributed by atoms with Crippen LogP contribution in [0.15, 0.2) is 29.2 Å². The maximum atomic E-state index is 11.4. The number of rotatable bonds is 6. The molecule has 0 aliphatic carbocycles. The number of hydrogen-bond acceptors (Lipinski definition) is 3. The third-order valence-corrected chi connectivity index (χ3v) is 2.91. The van der Waals surface area contributed by atoms with Crippen LogP contribution in [0, 0.1) is 0 Å². The van der Waals surface area contributed by atoms with Gasteiger partial charge in [0.15, 0.2) is 0 Å². The van der Waals surface area contributed by atoms with E-state index in [4.69, 9.17) is 5.11 Å². The number of nitrogens with one attached hydrogen (secondary N) is 1. The van der Waals surface area contributed by atoms with E-state index in [2.05, 4.69) is 5.32 Å². The summed E-state index contributed by atoms with van der Waals surface area (Å²) in [4.78, 5) is 22.8. The third-order valence-electron chi connectivity index (χ3n) is 2.17. The quantitative estimate of drug-likeness (QED) is 0.765. The highest BCUT2D eigenvalue weighted by Gasteiger charge is 2.04. The molecule has 0 saturated heterocycles. The minimum Gasteiger partial charge on any atom is -0.481 e. The monoisotopic (exact) mass is 253 g/mol. The van der Waals surface area contributed by atoms with Crippen molar-refractivity contribution < 1.29 is 14.7 Å². The van der Waals surface area contributed by atoms with Crippen molar-refractivity contribution in [1.29, 1.82) is 0 Å². The summed E-state index contributed by atoms with van der Waals surface area (Å²) >= 11 is 1.64. The first kappa shape index (κ1) is 13.6. The van der Waals surface area contributed by atoms with E-state index >= 15 is 0 Å². The van der Waals surface area contributed by atoms with Crippen molar-refractivity contribution >= 4 is 29.3 Å². The summed E-state index contributed by atoms with van der Waals surface area (Å²) in [5.41, 5.74) is 0.739. The Bertz CT molecular complexity index is 389. The lowest BCUT2D eigenvalue weighted by Crippen LogP contribution is -2.11.